The Morgan fingerprint density at radius 2 is 2.29 bits per heavy atom. The number of sulfonamides is 1. The molecule has 14 heavy (non-hydrogen) atoms. The van der Waals surface area contributed by atoms with E-state index in [-0.39, 0.29) is 25.0 Å². The van der Waals surface area contributed by atoms with Crippen LogP contribution in [-0.4, -0.2) is 42.1 Å². The molecule has 4 atom stereocenters. The molecule has 82 valence electrons. The van der Waals surface area contributed by atoms with E-state index in [2.05, 4.69) is 4.72 Å². The van der Waals surface area contributed by atoms with Crippen molar-refractivity contribution in [3.8, 4) is 0 Å². The zero-order valence-corrected chi connectivity index (χ0v) is 8.79. The van der Waals surface area contributed by atoms with Crippen LogP contribution >= 0.6 is 0 Å². The van der Waals surface area contributed by atoms with Crippen LogP contribution in [-0.2, 0) is 10.0 Å². The van der Waals surface area contributed by atoms with E-state index in [1.54, 1.807) is 0 Å². The highest BCUT2D eigenvalue weighted by atomic mass is 32.2. The molecular weight excluding hydrogens is 206 g/mol. The summed E-state index contributed by atoms with van der Waals surface area (Å²) >= 11 is 0. The van der Waals surface area contributed by atoms with Gasteiger partial charge in [-0.25, -0.2) is 13.1 Å². The van der Waals surface area contributed by atoms with Crippen molar-refractivity contribution in [3.63, 3.8) is 0 Å². The summed E-state index contributed by atoms with van der Waals surface area (Å²) in [4.78, 5) is 0. The maximum atomic E-state index is 11.7. The van der Waals surface area contributed by atoms with E-state index in [9.17, 15) is 13.5 Å². The monoisotopic (exact) mass is 221 g/mol. The smallest absolute Gasteiger partial charge is 0.218 e. The third-order valence-electron chi connectivity index (χ3n) is 3.35. The Labute approximate surface area is 83.2 Å². The van der Waals surface area contributed by atoms with Crippen molar-refractivity contribution < 1.29 is 18.6 Å². The number of aliphatic hydroxyl groups excluding tert-OH is 2. The van der Waals surface area contributed by atoms with Gasteiger partial charge in [0.15, 0.2) is 0 Å². The van der Waals surface area contributed by atoms with E-state index in [1.807, 2.05) is 6.92 Å². The minimum Gasteiger partial charge on any atom is -0.394 e. The van der Waals surface area contributed by atoms with Gasteiger partial charge < -0.3 is 10.2 Å². The zero-order valence-electron chi connectivity index (χ0n) is 7.97. The second kappa shape index (κ2) is 2.91. The van der Waals surface area contributed by atoms with Gasteiger partial charge in [0.2, 0.25) is 10.0 Å². The Balaban J connectivity index is 2.19. The summed E-state index contributed by atoms with van der Waals surface area (Å²) in [5.74, 6) is 0.105. The van der Waals surface area contributed by atoms with Crippen LogP contribution in [0.2, 0.25) is 0 Å². The fraction of sp³-hybridized carbons (Fsp3) is 1.00. The molecule has 0 bridgehead atoms. The fourth-order valence-electron chi connectivity index (χ4n) is 2.51. The fourth-order valence-corrected chi connectivity index (χ4v) is 4.81. The molecule has 1 heterocycles. The van der Waals surface area contributed by atoms with Gasteiger partial charge in [0.25, 0.3) is 0 Å². The summed E-state index contributed by atoms with van der Waals surface area (Å²) in [6, 6.07) is -0.0362. The molecule has 2 rings (SSSR count). The zero-order chi connectivity index (χ0) is 10.6. The minimum absolute atomic E-state index is 0.0362. The van der Waals surface area contributed by atoms with Crippen LogP contribution in [0, 0.1) is 5.92 Å². The Morgan fingerprint density at radius 3 is 2.64 bits per heavy atom. The second-order valence-electron chi connectivity index (χ2n) is 4.33. The molecule has 1 saturated carbocycles. The van der Waals surface area contributed by atoms with E-state index >= 15 is 0 Å². The highest BCUT2D eigenvalue weighted by Gasteiger charge is 2.70. The summed E-state index contributed by atoms with van der Waals surface area (Å²) in [5.41, 5.74) is 0. The van der Waals surface area contributed by atoms with Crippen LogP contribution in [0.4, 0.5) is 0 Å². The van der Waals surface area contributed by atoms with Gasteiger partial charge in [-0.3, -0.25) is 0 Å². The molecule has 6 heteroatoms. The van der Waals surface area contributed by atoms with Crippen LogP contribution in [0.25, 0.3) is 0 Å². The molecule has 3 N–H and O–H groups in total. The number of aliphatic hydroxyl groups is 2. The maximum absolute atomic E-state index is 11.7. The van der Waals surface area contributed by atoms with Crippen LogP contribution in [0.15, 0.2) is 0 Å². The Kier molecular flexibility index (Phi) is 2.15. The molecule has 2 aliphatic rings. The van der Waals surface area contributed by atoms with Crippen LogP contribution < -0.4 is 4.72 Å². The lowest BCUT2D eigenvalue weighted by molar-refractivity contribution is 0.0850. The molecule has 0 aromatic heterocycles. The topological polar surface area (TPSA) is 86.6 Å². The van der Waals surface area contributed by atoms with Gasteiger partial charge in [-0.1, -0.05) is 0 Å². The summed E-state index contributed by atoms with van der Waals surface area (Å²) < 4.78 is 25.1. The summed E-state index contributed by atoms with van der Waals surface area (Å²) in [5, 5.41) is 18.0. The summed E-state index contributed by atoms with van der Waals surface area (Å²) in [7, 11) is -3.29. The van der Waals surface area contributed by atoms with Gasteiger partial charge in [0, 0.05) is 6.04 Å². The number of rotatable bonds is 3. The van der Waals surface area contributed by atoms with Gasteiger partial charge in [0.05, 0.1) is 17.5 Å². The molecule has 1 aliphatic heterocycles. The quantitative estimate of drug-likeness (QED) is 0.559. The first-order valence-electron chi connectivity index (χ1n) is 4.74. The van der Waals surface area contributed by atoms with Crippen molar-refractivity contribution in [1.82, 2.24) is 4.72 Å². The highest BCUT2D eigenvalue weighted by molar-refractivity contribution is 7.91. The lowest BCUT2D eigenvalue weighted by Gasteiger charge is -2.15. The first-order valence-corrected chi connectivity index (χ1v) is 6.22. The van der Waals surface area contributed by atoms with Gasteiger partial charge in [-0.05, 0) is 25.7 Å². The molecule has 0 aromatic rings. The molecule has 5 nitrogen and oxygen atoms in total. The highest BCUT2D eigenvalue weighted by Crippen LogP contribution is 2.58. The molecule has 2 fully saturated rings. The Hall–Kier alpha value is -0.170. The molecule has 1 aliphatic carbocycles. The van der Waals surface area contributed by atoms with Gasteiger partial charge in [0.1, 0.15) is 0 Å². The van der Waals surface area contributed by atoms with Crippen LogP contribution in [0.5, 0.6) is 0 Å². The van der Waals surface area contributed by atoms with E-state index in [4.69, 9.17) is 5.11 Å². The van der Waals surface area contributed by atoms with Crippen molar-refractivity contribution in [1.29, 1.82) is 0 Å². The third kappa shape index (κ3) is 1.21. The molecule has 4 unspecified atom stereocenters. The molecular formula is C8H15NO4S. The standard InChI is InChI=1S/C8H15NO4S/c1-5-7-3-8(7,2-6(11)4-10)14(12,13)9-5/h5-7,9-11H,2-4H2,1H3. The number of hydrogen-bond donors (Lipinski definition) is 3. The van der Waals surface area contributed by atoms with Crippen LogP contribution in [0.1, 0.15) is 19.8 Å². The first-order chi connectivity index (χ1) is 6.43. The normalized spacial score (nSPS) is 45.9. The van der Waals surface area contributed by atoms with E-state index in [0.29, 0.717) is 6.42 Å². The second-order valence-corrected chi connectivity index (χ2v) is 6.38. The van der Waals surface area contributed by atoms with Crippen molar-refractivity contribution in [3.05, 3.63) is 0 Å². The lowest BCUT2D eigenvalue weighted by atomic mass is 10.1. The summed E-state index contributed by atoms with van der Waals surface area (Å²) in [6.07, 6.45) is -0.170. The van der Waals surface area contributed by atoms with Crippen molar-refractivity contribution in [2.24, 2.45) is 5.92 Å². The molecule has 0 aromatic carbocycles. The van der Waals surface area contributed by atoms with Crippen LogP contribution in [0.3, 0.4) is 0 Å². The van der Waals surface area contributed by atoms with E-state index in [1.165, 1.54) is 0 Å². The molecule has 0 spiro atoms. The van der Waals surface area contributed by atoms with Gasteiger partial charge in [-0.2, -0.15) is 0 Å². The molecule has 1 saturated heterocycles. The van der Waals surface area contributed by atoms with Crippen molar-refractivity contribution in [2.45, 2.75) is 36.7 Å². The van der Waals surface area contributed by atoms with Gasteiger partial charge in [-0.15, -0.1) is 0 Å². The summed E-state index contributed by atoms with van der Waals surface area (Å²) in [6.45, 7) is 1.46. The Morgan fingerprint density at radius 1 is 1.64 bits per heavy atom. The number of hydrogen-bond acceptors (Lipinski definition) is 4. The SMILES string of the molecule is CC1NS(=O)(=O)C2(CC(O)CO)CC12. The predicted octanol–water partition coefficient (Wildman–Crippen LogP) is -1.19. The maximum Gasteiger partial charge on any atom is 0.218 e. The van der Waals surface area contributed by atoms with Crippen molar-refractivity contribution >= 4 is 10.0 Å². The van der Waals surface area contributed by atoms with E-state index in [0.717, 1.165) is 0 Å². The predicted molar refractivity (Wildman–Crippen MR) is 50.1 cm³/mol. The average molecular weight is 221 g/mol. The largest absolute Gasteiger partial charge is 0.394 e. The lowest BCUT2D eigenvalue weighted by Crippen LogP contribution is -2.35. The van der Waals surface area contributed by atoms with Crippen molar-refractivity contribution in [2.75, 3.05) is 6.61 Å². The Bertz CT molecular complexity index is 341. The van der Waals surface area contributed by atoms with E-state index < -0.39 is 20.9 Å². The number of fused-ring (bicyclic) bond motifs is 1. The van der Waals surface area contributed by atoms with Gasteiger partial charge >= 0.3 is 0 Å². The molecule has 0 radical (unpaired) electrons. The number of nitrogens with one attached hydrogen (secondary N) is 1. The minimum atomic E-state index is -3.29. The third-order valence-corrected chi connectivity index (χ3v) is 5.74. The average Bonchev–Trinajstić information content (AvgIpc) is 2.75. The molecule has 0 amide bonds. The first kappa shape index (κ1) is 10.4.